The second-order valence-electron chi connectivity index (χ2n) is 9.28. The summed E-state index contributed by atoms with van der Waals surface area (Å²) in [5, 5.41) is 0. The molecule has 0 aromatic carbocycles. The molecule has 2 nitrogen and oxygen atoms in total. The van der Waals surface area contributed by atoms with E-state index in [1.54, 1.807) is 0 Å². The Morgan fingerprint density at radius 3 is 1.48 bits per heavy atom. The molecule has 0 radical (unpaired) electrons. The molecule has 0 aliphatic heterocycles. The highest BCUT2D eigenvalue weighted by Gasteiger charge is 2.46. The van der Waals surface area contributed by atoms with Crippen molar-refractivity contribution in [3.8, 4) is 0 Å². The van der Waals surface area contributed by atoms with Crippen molar-refractivity contribution in [1.82, 2.24) is 0 Å². The summed E-state index contributed by atoms with van der Waals surface area (Å²) in [6, 6.07) is 0.898. The van der Waals surface area contributed by atoms with Crippen LogP contribution in [0.4, 0.5) is 0 Å². The van der Waals surface area contributed by atoms with E-state index < -0.39 is 0 Å². The van der Waals surface area contributed by atoms with Gasteiger partial charge in [-0.1, -0.05) is 53.4 Å². The van der Waals surface area contributed by atoms with E-state index in [2.05, 4.69) is 27.7 Å². The molecule has 0 bridgehead atoms. The summed E-state index contributed by atoms with van der Waals surface area (Å²) < 4.78 is 0. The van der Waals surface area contributed by atoms with E-state index in [0.29, 0.717) is 17.5 Å². The third-order valence-corrected chi connectivity index (χ3v) is 7.28. The quantitative estimate of drug-likeness (QED) is 0.714. The van der Waals surface area contributed by atoms with E-state index in [-0.39, 0.29) is 0 Å². The average Bonchev–Trinajstić information content (AvgIpc) is 2.47. The van der Waals surface area contributed by atoms with E-state index in [1.807, 2.05) is 0 Å². The molecule has 0 saturated heterocycles. The molecular formula is C21H42N2. The van der Waals surface area contributed by atoms with E-state index in [1.165, 1.54) is 64.2 Å². The van der Waals surface area contributed by atoms with Crippen molar-refractivity contribution in [3.63, 3.8) is 0 Å². The molecule has 2 heteroatoms. The molecule has 2 rings (SSSR count). The van der Waals surface area contributed by atoms with Gasteiger partial charge in [0.1, 0.15) is 0 Å². The highest BCUT2D eigenvalue weighted by atomic mass is 14.7. The maximum absolute atomic E-state index is 6.32. The van der Waals surface area contributed by atoms with Crippen molar-refractivity contribution in [2.45, 2.75) is 104 Å². The Morgan fingerprint density at radius 1 is 0.739 bits per heavy atom. The van der Waals surface area contributed by atoms with Gasteiger partial charge in [-0.05, 0) is 67.6 Å². The van der Waals surface area contributed by atoms with Gasteiger partial charge in [0.15, 0.2) is 0 Å². The third kappa shape index (κ3) is 4.51. The highest BCUT2D eigenvalue weighted by Crippen LogP contribution is 2.53. The van der Waals surface area contributed by atoms with Gasteiger partial charge in [0.2, 0.25) is 0 Å². The van der Waals surface area contributed by atoms with Gasteiger partial charge in [-0.25, -0.2) is 0 Å². The van der Waals surface area contributed by atoms with Crippen molar-refractivity contribution in [2.24, 2.45) is 40.6 Å². The van der Waals surface area contributed by atoms with Gasteiger partial charge in [-0.2, -0.15) is 0 Å². The van der Waals surface area contributed by atoms with Crippen LogP contribution in [-0.2, 0) is 0 Å². The molecule has 0 heterocycles. The largest absolute Gasteiger partial charge is 0.328 e. The Kier molecular flexibility index (Phi) is 6.98. The first-order valence-corrected chi connectivity index (χ1v) is 10.4. The van der Waals surface area contributed by atoms with Gasteiger partial charge in [0.25, 0.3) is 0 Å². The van der Waals surface area contributed by atoms with Crippen LogP contribution in [0, 0.1) is 29.1 Å². The molecule has 2 aliphatic rings. The monoisotopic (exact) mass is 322 g/mol. The lowest BCUT2D eigenvalue weighted by Gasteiger charge is -2.52. The number of hydrogen-bond acceptors (Lipinski definition) is 2. The summed E-state index contributed by atoms with van der Waals surface area (Å²) in [6.45, 7) is 9.84. The Hall–Kier alpha value is -0.0800. The molecule has 6 atom stereocenters. The molecule has 0 amide bonds. The lowest BCUT2D eigenvalue weighted by Crippen LogP contribution is -2.47. The van der Waals surface area contributed by atoms with Crippen LogP contribution in [0.3, 0.4) is 0 Å². The lowest BCUT2D eigenvalue weighted by atomic mass is 9.54. The van der Waals surface area contributed by atoms with Crippen LogP contribution in [0.2, 0.25) is 0 Å². The topological polar surface area (TPSA) is 52.0 Å². The van der Waals surface area contributed by atoms with Crippen LogP contribution in [0.1, 0.15) is 91.9 Å². The van der Waals surface area contributed by atoms with Crippen molar-refractivity contribution >= 4 is 0 Å². The van der Waals surface area contributed by atoms with Crippen LogP contribution >= 0.6 is 0 Å². The first-order chi connectivity index (χ1) is 10.9. The van der Waals surface area contributed by atoms with E-state index >= 15 is 0 Å². The summed E-state index contributed by atoms with van der Waals surface area (Å²) in [5.41, 5.74) is 13.1. The summed E-state index contributed by atoms with van der Waals surface area (Å²) in [6.07, 6.45) is 13.0. The van der Waals surface area contributed by atoms with Crippen molar-refractivity contribution in [2.75, 3.05) is 0 Å². The van der Waals surface area contributed by atoms with E-state index in [4.69, 9.17) is 11.5 Å². The summed E-state index contributed by atoms with van der Waals surface area (Å²) >= 11 is 0. The SMILES string of the molecule is CCCC1CC(N)CCC1C(C)(C)C1CCC(N)CC1CCC. The Labute approximate surface area is 145 Å². The second kappa shape index (κ2) is 8.34. The van der Waals surface area contributed by atoms with Gasteiger partial charge in [0.05, 0.1) is 0 Å². The molecule has 0 aromatic heterocycles. The highest BCUT2D eigenvalue weighted by molar-refractivity contribution is 4.97. The molecule has 23 heavy (non-hydrogen) atoms. The first kappa shape index (κ1) is 19.2. The molecule has 2 saturated carbocycles. The molecule has 136 valence electrons. The second-order valence-corrected chi connectivity index (χ2v) is 9.28. The van der Waals surface area contributed by atoms with Crippen LogP contribution in [0.25, 0.3) is 0 Å². The molecule has 4 N–H and O–H groups in total. The van der Waals surface area contributed by atoms with Gasteiger partial charge in [-0.3, -0.25) is 0 Å². The minimum Gasteiger partial charge on any atom is -0.328 e. The standard InChI is InChI=1S/C21H42N2/c1-5-7-15-13-17(22)9-11-19(15)21(3,4)20-12-10-18(23)14-16(20)8-6-2/h15-20H,5-14,22-23H2,1-4H3. The van der Waals surface area contributed by atoms with Gasteiger partial charge in [-0.15, -0.1) is 0 Å². The molecule has 2 fully saturated rings. The number of hydrogen-bond donors (Lipinski definition) is 2. The zero-order valence-electron chi connectivity index (χ0n) is 16.2. The smallest absolute Gasteiger partial charge is 0.00416 e. The lowest BCUT2D eigenvalue weighted by molar-refractivity contribution is -0.0190. The normalized spacial score (nSPS) is 39.4. The minimum absolute atomic E-state index is 0.444. The predicted molar refractivity (Wildman–Crippen MR) is 101 cm³/mol. The predicted octanol–water partition coefficient (Wildman–Crippen LogP) is 5.10. The fraction of sp³-hybridized carbons (Fsp3) is 1.00. The third-order valence-electron chi connectivity index (χ3n) is 7.28. The van der Waals surface area contributed by atoms with E-state index in [9.17, 15) is 0 Å². The van der Waals surface area contributed by atoms with Gasteiger partial charge < -0.3 is 11.5 Å². The Balaban J connectivity index is 2.16. The zero-order valence-corrected chi connectivity index (χ0v) is 16.2. The molecule has 0 aromatic rings. The van der Waals surface area contributed by atoms with Crippen LogP contribution < -0.4 is 11.5 Å². The van der Waals surface area contributed by atoms with Crippen LogP contribution in [-0.4, -0.2) is 12.1 Å². The molecule has 0 spiro atoms. The van der Waals surface area contributed by atoms with Gasteiger partial charge >= 0.3 is 0 Å². The Morgan fingerprint density at radius 2 is 1.13 bits per heavy atom. The van der Waals surface area contributed by atoms with E-state index in [0.717, 1.165) is 23.7 Å². The summed E-state index contributed by atoms with van der Waals surface area (Å²) in [4.78, 5) is 0. The van der Waals surface area contributed by atoms with Crippen molar-refractivity contribution in [1.29, 1.82) is 0 Å². The maximum Gasteiger partial charge on any atom is 0.00416 e. The fourth-order valence-electron chi connectivity index (χ4n) is 6.21. The molecule has 2 aliphatic carbocycles. The fourth-order valence-corrected chi connectivity index (χ4v) is 6.21. The van der Waals surface area contributed by atoms with Crippen molar-refractivity contribution < 1.29 is 0 Å². The first-order valence-electron chi connectivity index (χ1n) is 10.4. The van der Waals surface area contributed by atoms with Crippen LogP contribution in [0.5, 0.6) is 0 Å². The maximum atomic E-state index is 6.32. The molecule has 6 unspecified atom stereocenters. The van der Waals surface area contributed by atoms with Crippen molar-refractivity contribution in [3.05, 3.63) is 0 Å². The van der Waals surface area contributed by atoms with Crippen LogP contribution in [0.15, 0.2) is 0 Å². The summed E-state index contributed by atoms with van der Waals surface area (Å²) in [7, 11) is 0. The number of rotatable bonds is 6. The summed E-state index contributed by atoms with van der Waals surface area (Å²) in [5.74, 6) is 3.41. The minimum atomic E-state index is 0.444. The van der Waals surface area contributed by atoms with Gasteiger partial charge in [0, 0.05) is 12.1 Å². The average molecular weight is 323 g/mol. The molecular weight excluding hydrogens is 280 g/mol. The zero-order chi connectivity index (χ0) is 17.0. The number of nitrogens with two attached hydrogens (primary N) is 2. The Bertz CT molecular complexity index is 320.